The Bertz CT molecular complexity index is 1350. The summed E-state index contributed by atoms with van der Waals surface area (Å²) in [6.45, 7) is 1.74. The number of aryl methyl sites for hydroxylation is 1. The van der Waals surface area contributed by atoms with Gasteiger partial charge in [-0.25, -0.2) is 14.8 Å². The number of hydrogen-bond donors (Lipinski definition) is 2. The molecule has 0 aliphatic heterocycles. The first-order valence-electron chi connectivity index (χ1n) is 9.41. The molecule has 4 rings (SSSR count). The molecule has 0 radical (unpaired) electrons. The Morgan fingerprint density at radius 2 is 1.72 bits per heavy atom. The lowest BCUT2D eigenvalue weighted by Crippen LogP contribution is -2.20. The lowest BCUT2D eigenvalue weighted by Gasteiger charge is -2.10. The number of pyridine rings is 2. The van der Waals surface area contributed by atoms with Gasteiger partial charge in [-0.05, 0) is 61.0 Å². The van der Waals surface area contributed by atoms with E-state index in [0.29, 0.717) is 11.3 Å². The predicted molar refractivity (Wildman–Crippen MR) is 114 cm³/mol. The number of hydrogen-bond acceptors (Lipinski definition) is 4. The molecule has 162 valence electrons. The topological polar surface area (TPSA) is 88.4 Å². The summed E-state index contributed by atoms with van der Waals surface area (Å²) < 4.78 is 39.3. The first-order valence-corrected chi connectivity index (χ1v) is 9.41. The van der Waals surface area contributed by atoms with Crippen LogP contribution in [-0.2, 0) is 6.18 Å². The maximum Gasteiger partial charge on any atom is 0.416 e. The lowest BCUT2D eigenvalue weighted by atomic mass is 10.1. The van der Waals surface area contributed by atoms with Crippen molar-refractivity contribution in [1.82, 2.24) is 14.4 Å². The van der Waals surface area contributed by atoms with Crippen LogP contribution in [0.3, 0.4) is 0 Å². The number of urea groups is 1. The third kappa shape index (κ3) is 4.59. The summed E-state index contributed by atoms with van der Waals surface area (Å²) in [5, 5.41) is 4.97. The minimum atomic E-state index is -4.44. The maximum absolute atomic E-state index is 12.6. The highest BCUT2D eigenvalue weighted by Crippen LogP contribution is 2.29. The molecule has 2 amide bonds. The first-order chi connectivity index (χ1) is 15.2. The Morgan fingerprint density at radius 3 is 2.38 bits per heavy atom. The van der Waals surface area contributed by atoms with Crippen LogP contribution >= 0.6 is 0 Å². The second-order valence-electron chi connectivity index (χ2n) is 6.97. The Balaban J connectivity index is 1.45. The van der Waals surface area contributed by atoms with Gasteiger partial charge in [-0.15, -0.1) is 0 Å². The molecule has 0 aliphatic carbocycles. The van der Waals surface area contributed by atoms with Gasteiger partial charge in [0, 0.05) is 35.4 Å². The zero-order valence-electron chi connectivity index (χ0n) is 16.6. The standard InChI is InChI=1S/C22H16F3N5O2/c1-13-10-20(31)30-9-8-14(11-19(30)27-13)15-2-7-18(26-12-15)29-21(32)28-17-5-3-16(4-6-17)22(23,24)25/h2-12H,1H3,(H2,26,28,29,32). The van der Waals surface area contributed by atoms with E-state index in [1.165, 1.54) is 22.6 Å². The molecule has 10 heteroatoms. The number of carbonyl (C=O) groups is 1. The molecule has 0 aliphatic rings. The van der Waals surface area contributed by atoms with Gasteiger partial charge in [-0.2, -0.15) is 13.2 Å². The second kappa shape index (κ2) is 8.14. The summed E-state index contributed by atoms with van der Waals surface area (Å²) in [6.07, 6.45) is -1.26. The minimum absolute atomic E-state index is 0.171. The van der Waals surface area contributed by atoms with Crippen molar-refractivity contribution < 1.29 is 18.0 Å². The number of nitrogens with zero attached hydrogens (tertiary/aromatic N) is 3. The van der Waals surface area contributed by atoms with Crippen LogP contribution in [0.2, 0.25) is 0 Å². The van der Waals surface area contributed by atoms with E-state index in [1.807, 2.05) is 0 Å². The Kier molecular flexibility index (Phi) is 5.35. The average Bonchev–Trinajstić information content (AvgIpc) is 2.73. The number of nitrogens with one attached hydrogen (secondary N) is 2. The highest BCUT2D eigenvalue weighted by molar-refractivity contribution is 5.99. The Hall–Kier alpha value is -4.21. The number of halogens is 3. The molecule has 7 nitrogen and oxygen atoms in total. The monoisotopic (exact) mass is 439 g/mol. The number of aromatic nitrogens is 3. The van der Waals surface area contributed by atoms with Crippen molar-refractivity contribution in [2.45, 2.75) is 13.1 Å². The molecule has 1 aromatic carbocycles. The highest BCUT2D eigenvalue weighted by Gasteiger charge is 2.29. The zero-order chi connectivity index (χ0) is 22.9. The SMILES string of the molecule is Cc1cc(=O)n2ccc(-c3ccc(NC(=O)Nc4ccc(C(F)(F)F)cc4)nc3)cc2n1. The molecule has 0 unspecified atom stereocenters. The van der Waals surface area contributed by atoms with Crippen LogP contribution in [0.1, 0.15) is 11.3 Å². The fourth-order valence-electron chi connectivity index (χ4n) is 3.06. The quantitative estimate of drug-likeness (QED) is 0.483. The number of anilines is 2. The van der Waals surface area contributed by atoms with E-state index in [9.17, 15) is 22.8 Å². The predicted octanol–water partition coefficient (Wildman–Crippen LogP) is 4.73. The largest absolute Gasteiger partial charge is 0.416 e. The molecular weight excluding hydrogens is 423 g/mol. The van der Waals surface area contributed by atoms with Crippen molar-refractivity contribution in [3.05, 3.63) is 88.6 Å². The summed E-state index contributed by atoms with van der Waals surface area (Å²) in [5.74, 6) is 0.254. The molecule has 0 atom stereocenters. The van der Waals surface area contributed by atoms with Crippen molar-refractivity contribution >= 4 is 23.2 Å². The number of benzene rings is 1. The highest BCUT2D eigenvalue weighted by atomic mass is 19.4. The van der Waals surface area contributed by atoms with Crippen LogP contribution in [-0.4, -0.2) is 20.4 Å². The molecular formula is C22H16F3N5O2. The van der Waals surface area contributed by atoms with Crippen molar-refractivity contribution in [1.29, 1.82) is 0 Å². The van der Waals surface area contributed by atoms with Crippen LogP contribution in [0.15, 0.2) is 71.8 Å². The van der Waals surface area contributed by atoms with Crippen LogP contribution in [0.5, 0.6) is 0 Å². The summed E-state index contributed by atoms with van der Waals surface area (Å²) in [7, 11) is 0. The van der Waals surface area contributed by atoms with Gasteiger partial charge in [0.25, 0.3) is 5.56 Å². The van der Waals surface area contributed by atoms with Crippen molar-refractivity contribution in [2.75, 3.05) is 10.6 Å². The van der Waals surface area contributed by atoms with E-state index in [-0.39, 0.29) is 17.1 Å². The average molecular weight is 439 g/mol. The molecule has 3 heterocycles. The van der Waals surface area contributed by atoms with Gasteiger partial charge in [0.05, 0.1) is 5.56 Å². The van der Waals surface area contributed by atoms with E-state index < -0.39 is 17.8 Å². The maximum atomic E-state index is 12.6. The van der Waals surface area contributed by atoms with Crippen molar-refractivity contribution in [3.8, 4) is 11.1 Å². The third-order valence-corrected chi connectivity index (χ3v) is 4.60. The Morgan fingerprint density at radius 1 is 0.969 bits per heavy atom. The minimum Gasteiger partial charge on any atom is -0.308 e. The van der Waals surface area contributed by atoms with Crippen LogP contribution in [0.4, 0.5) is 29.5 Å². The lowest BCUT2D eigenvalue weighted by molar-refractivity contribution is -0.137. The summed E-state index contributed by atoms with van der Waals surface area (Å²) in [6, 6.07) is 11.7. The number of rotatable bonds is 3. The second-order valence-corrected chi connectivity index (χ2v) is 6.97. The molecule has 4 aromatic rings. The first kappa shape index (κ1) is 21.0. The number of alkyl halides is 3. The normalized spacial score (nSPS) is 11.4. The van der Waals surface area contributed by atoms with Gasteiger partial charge in [0.2, 0.25) is 0 Å². The number of amides is 2. The van der Waals surface area contributed by atoms with Crippen LogP contribution in [0, 0.1) is 6.92 Å². The smallest absolute Gasteiger partial charge is 0.308 e. The van der Waals surface area contributed by atoms with Gasteiger partial charge < -0.3 is 5.32 Å². The molecule has 3 aromatic heterocycles. The van der Waals surface area contributed by atoms with Crippen LogP contribution < -0.4 is 16.2 Å². The Labute approximate surface area is 179 Å². The fourth-order valence-corrected chi connectivity index (χ4v) is 3.06. The molecule has 2 N–H and O–H groups in total. The van der Waals surface area contributed by atoms with Gasteiger partial charge in [0.1, 0.15) is 11.5 Å². The van der Waals surface area contributed by atoms with Gasteiger partial charge in [-0.1, -0.05) is 0 Å². The van der Waals surface area contributed by atoms with Crippen LogP contribution in [0.25, 0.3) is 16.8 Å². The zero-order valence-corrected chi connectivity index (χ0v) is 16.6. The number of carbonyl (C=O) groups excluding carboxylic acids is 1. The summed E-state index contributed by atoms with van der Waals surface area (Å²) in [4.78, 5) is 32.6. The molecule has 0 bridgehead atoms. The van der Waals surface area contributed by atoms with Crippen molar-refractivity contribution in [3.63, 3.8) is 0 Å². The molecule has 0 saturated heterocycles. The van der Waals surface area contributed by atoms with Gasteiger partial charge >= 0.3 is 12.2 Å². The van der Waals surface area contributed by atoms with E-state index in [4.69, 9.17) is 0 Å². The molecule has 0 saturated carbocycles. The fraction of sp³-hybridized carbons (Fsp3) is 0.0909. The third-order valence-electron chi connectivity index (χ3n) is 4.60. The number of fused-ring (bicyclic) bond motifs is 1. The van der Waals surface area contributed by atoms with E-state index in [1.54, 1.807) is 43.6 Å². The summed E-state index contributed by atoms with van der Waals surface area (Å²) in [5.41, 5.74) is 1.89. The van der Waals surface area contributed by atoms with E-state index in [2.05, 4.69) is 20.6 Å². The molecule has 32 heavy (non-hydrogen) atoms. The molecule has 0 fully saturated rings. The van der Waals surface area contributed by atoms with E-state index in [0.717, 1.165) is 23.3 Å². The van der Waals surface area contributed by atoms with Crippen molar-refractivity contribution in [2.24, 2.45) is 0 Å². The summed E-state index contributed by atoms with van der Waals surface area (Å²) >= 11 is 0. The van der Waals surface area contributed by atoms with Gasteiger partial charge in [0.15, 0.2) is 0 Å². The van der Waals surface area contributed by atoms with E-state index >= 15 is 0 Å². The molecule has 0 spiro atoms. The van der Waals surface area contributed by atoms with Gasteiger partial charge in [-0.3, -0.25) is 14.5 Å².